The minimum atomic E-state index is -1.13. The van der Waals surface area contributed by atoms with Crippen molar-refractivity contribution in [2.75, 3.05) is 7.11 Å². The molecule has 0 unspecified atom stereocenters. The number of para-hydroxylation sites is 1. The minimum Gasteiger partial charge on any atom is -0.496 e. The predicted molar refractivity (Wildman–Crippen MR) is 57.6 cm³/mol. The number of rotatable bonds is 2. The SMILES string of the molecule is COc1ccccc1C1(N)CC(C)(F)C1. The van der Waals surface area contributed by atoms with E-state index in [1.165, 1.54) is 0 Å². The summed E-state index contributed by atoms with van der Waals surface area (Å²) in [4.78, 5) is 0. The lowest BCUT2D eigenvalue weighted by atomic mass is 9.64. The van der Waals surface area contributed by atoms with Gasteiger partial charge >= 0.3 is 0 Å². The first-order chi connectivity index (χ1) is 6.97. The van der Waals surface area contributed by atoms with Crippen LogP contribution >= 0.6 is 0 Å². The maximum atomic E-state index is 13.5. The van der Waals surface area contributed by atoms with E-state index in [2.05, 4.69) is 0 Å². The number of nitrogens with two attached hydrogens (primary N) is 1. The summed E-state index contributed by atoms with van der Waals surface area (Å²) < 4.78 is 18.7. The Bertz CT molecular complexity index is 368. The topological polar surface area (TPSA) is 35.2 Å². The van der Waals surface area contributed by atoms with Crippen LogP contribution in [0.5, 0.6) is 5.75 Å². The molecule has 3 heteroatoms. The van der Waals surface area contributed by atoms with Gasteiger partial charge in [-0.1, -0.05) is 18.2 Å². The van der Waals surface area contributed by atoms with Gasteiger partial charge in [-0.25, -0.2) is 4.39 Å². The van der Waals surface area contributed by atoms with Crippen LogP contribution in [-0.2, 0) is 5.54 Å². The van der Waals surface area contributed by atoms with E-state index in [1.54, 1.807) is 14.0 Å². The Kier molecular flexibility index (Phi) is 2.23. The Morgan fingerprint density at radius 2 is 1.93 bits per heavy atom. The lowest BCUT2D eigenvalue weighted by Gasteiger charge is -2.48. The van der Waals surface area contributed by atoms with Crippen LogP contribution in [0.25, 0.3) is 0 Å². The third kappa shape index (κ3) is 1.72. The number of methoxy groups -OCH3 is 1. The first-order valence-electron chi connectivity index (χ1n) is 5.08. The van der Waals surface area contributed by atoms with Crippen molar-refractivity contribution in [2.24, 2.45) is 5.73 Å². The average Bonchev–Trinajstić information content (AvgIpc) is 2.14. The van der Waals surface area contributed by atoms with Crippen LogP contribution in [0.3, 0.4) is 0 Å². The van der Waals surface area contributed by atoms with Gasteiger partial charge in [0.2, 0.25) is 0 Å². The van der Waals surface area contributed by atoms with Crippen LogP contribution in [0.1, 0.15) is 25.3 Å². The van der Waals surface area contributed by atoms with Crippen molar-refractivity contribution >= 4 is 0 Å². The smallest absolute Gasteiger partial charge is 0.123 e. The van der Waals surface area contributed by atoms with Crippen molar-refractivity contribution in [2.45, 2.75) is 31.0 Å². The third-order valence-corrected chi connectivity index (χ3v) is 3.01. The van der Waals surface area contributed by atoms with Crippen LogP contribution in [-0.4, -0.2) is 12.8 Å². The van der Waals surface area contributed by atoms with Gasteiger partial charge in [-0.3, -0.25) is 0 Å². The summed E-state index contributed by atoms with van der Waals surface area (Å²) >= 11 is 0. The summed E-state index contributed by atoms with van der Waals surface area (Å²) in [5.41, 5.74) is 5.37. The standard InChI is InChI=1S/C12H16FNO/c1-11(13)7-12(14,8-11)9-5-3-4-6-10(9)15-2/h3-6H,7-8,14H2,1-2H3. The van der Waals surface area contributed by atoms with Gasteiger partial charge in [0.15, 0.2) is 0 Å². The summed E-state index contributed by atoms with van der Waals surface area (Å²) in [6.07, 6.45) is 0.723. The molecule has 0 amide bonds. The van der Waals surface area contributed by atoms with Crippen LogP contribution < -0.4 is 10.5 Å². The monoisotopic (exact) mass is 209 g/mol. The Labute approximate surface area is 89.2 Å². The fraction of sp³-hybridized carbons (Fsp3) is 0.500. The van der Waals surface area contributed by atoms with E-state index in [9.17, 15) is 4.39 Å². The highest BCUT2D eigenvalue weighted by molar-refractivity contribution is 5.41. The summed E-state index contributed by atoms with van der Waals surface area (Å²) in [6, 6.07) is 7.56. The molecular formula is C12H16FNO. The highest BCUT2D eigenvalue weighted by Gasteiger charge is 2.52. The number of benzene rings is 1. The molecule has 1 saturated carbocycles. The van der Waals surface area contributed by atoms with Crippen molar-refractivity contribution < 1.29 is 9.13 Å². The molecule has 0 heterocycles. The number of hydrogen-bond donors (Lipinski definition) is 1. The normalized spacial score (nSPS) is 34.7. The van der Waals surface area contributed by atoms with Gasteiger partial charge in [-0.2, -0.15) is 0 Å². The predicted octanol–water partition coefficient (Wildman–Crippen LogP) is 2.37. The number of hydrogen-bond acceptors (Lipinski definition) is 2. The lowest BCUT2D eigenvalue weighted by Crippen LogP contribution is -2.56. The van der Waals surface area contributed by atoms with E-state index >= 15 is 0 Å². The minimum absolute atomic E-state index is 0.361. The fourth-order valence-electron chi connectivity index (χ4n) is 2.51. The maximum absolute atomic E-state index is 13.5. The molecule has 0 saturated heterocycles. The molecular weight excluding hydrogens is 193 g/mol. The first kappa shape index (κ1) is 10.4. The highest BCUT2D eigenvalue weighted by Crippen LogP contribution is 2.50. The van der Waals surface area contributed by atoms with Gasteiger partial charge in [0.1, 0.15) is 11.4 Å². The van der Waals surface area contributed by atoms with E-state index in [0.717, 1.165) is 11.3 Å². The Morgan fingerprint density at radius 3 is 2.47 bits per heavy atom. The van der Waals surface area contributed by atoms with Crippen molar-refractivity contribution in [3.8, 4) is 5.75 Å². The van der Waals surface area contributed by atoms with Gasteiger partial charge < -0.3 is 10.5 Å². The van der Waals surface area contributed by atoms with Gasteiger partial charge in [0, 0.05) is 18.4 Å². The summed E-state index contributed by atoms with van der Waals surface area (Å²) in [5.74, 6) is 0.746. The molecule has 0 atom stereocenters. The molecule has 1 aliphatic rings. The molecule has 1 aliphatic carbocycles. The molecule has 2 N–H and O–H groups in total. The van der Waals surface area contributed by atoms with Gasteiger partial charge in [-0.15, -0.1) is 0 Å². The van der Waals surface area contributed by atoms with E-state index in [0.29, 0.717) is 12.8 Å². The van der Waals surface area contributed by atoms with Gasteiger partial charge in [0.25, 0.3) is 0 Å². The molecule has 1 fully saturated rings. The second kappa shape index (κ2) is 3.20. The van der Waals surface area contributed by atoms with Crippen LogP contribution in [0.2, 0.25) is 0 Å². The fourth-order valence-corrected chi connectivity index (χ4v) is 2.51. The largest absolute Gasteiger partial charge is 0.496 e. The Hall–Kier alpha value is -1.09. The summed E-state index contributed by atoms with van der Waals surface area (Å²) in [7, 11) is 1.61. The van der Waals surface area contributed by atoms with E-state index in [-0.39, 0.29) is 0 Å². The number of ether oxygens (including phenoxy) is 1. The van der Waals surface area contributed by atoms with Gasteiger partial charge in [-0.05, 0) is 13.0 Å². The second-order valence-corrected chi connectivity index (χ2v) is 4.62. The van der Waals surface area contributed by atoms with Crippen LogP contribution in [0.4, 0.5) is 4.39 Å². The zero-order chi connectivity index (χ0) is 11.1. The van der Waals surface area contributed by atoms with E-state index in [4.69, 9.17) is 10.5 Å². The van der Waals surface area contributed by atoms with Crippen LogP contribution in [0, 0.1) is 0 Å². The van der Waals surface area contributed by atoms with Crippen LogP contribution in [0.15, 0.2) is 24.3 Å². The van der Waals surface area contributed by atoms with E-state index in [1.807, 2.05) is 24.3 Å². The molecule has 0 radical (unpaired) electrons. The van der Waals surface area contributed by atoms with Crippen molar-refractivity contribution in [3.05, 3.63) is 29.8 Å². The zero-order valence-corrected chi connectivity index (χ0v) is 9.09. The average molecular weight is 209 g/mol. The van der Waals surface area contributed by atoms with Crippen molar-refractivity contribution in [3.63, 3.8) is 0 Å². The molecule has 2 nitrogen and oxygen atoms in total. The lowest BCUT2D eigenvalue weighted by molar-refractivity contribution is 0.000249. The number of halogens is 1. The van der Waals surface area contributed by atoms with Gasteiger partial charge in [0.05, 0.1) is 12.6 Å². The molecule has 0 spiro atoms. The number of alkyl halides is 1. The summed E-state index contributed by atoms with van der Waals surface area (Å²) in [6.45, 7) is 1.59. The third-order valence-electron chi connectivity index (χ3n) is 3.01. The molecule has 2 rings (SSSR count). The molecule has 0 bridgehead atoms. The molecule has 1 aromatic carbocycles. The highest BCUT2D eigenvalue weighted by atomic mass is 19.1. The molecule has 82 valence electrons. The summed E-state index contributed by atoms with van der Waals surface area (Å²) in [5, 5.41) is 0. The van der Waals surface area contributed by atoms with Crippen molar-refractivity contribution in [1.29, 1.82) is 0 Å². The molecule has 0 aliphatic heterocycles. The van der Waals surface area contributed by atoms with Crippen molar-refractivity contribution in [1.82, 2.24) is 0 Å². The Morgan fingerprint density at radius 1 is 1.33 bits per heavy atom. The van der Waals surface area contributed by atoms with E-state index < -0.39 is 11.2 Å². The molecule has 1 aromatic rings. The zero-order valence-electron chi connectivity index (χ0n) is 9.09. The quantitative estimate of drug-likeness (QED) is 0.811. The first-order valence-corrected chi connectivity index (χ1v) is 5.08. The Balaban J connectivity index is 2.31. The molecule has 15 heavy (non-hydrogen) atoms. The second-order valence-electron chi connectivity index (χ2n) is 4.62. The maximum Gasteiger partial charge on any atom is 0.123 e. The molecule has 0 aromatic heterocycles.